The van der Waals surface area contributed by atoms with Gasteiger partial charge in [-0.05, 0) is 34.5 Å². The highest BCUT2D eigenvalue weighted by atomic mass is 79.9. The van der Waals surface area contributed by atoms with Crippen LogP contribution in [0.15, 0.2) is 33.6 Å². The van der Waals surface area contributed by atoms with Crippen LogP contribution >= 0.6 is 15.9 Å². The molecule has 1 aromatic carbocycles. The Labute approximate surface area is 155 Å². The van der Waals surface area contributed by atoms with E-state index in [9.17, 15) is 18.0 Å². The van der Waals surface area contributed by atoms with E-state index < -0.39 is 16.1 Å². The normalized spacial score (nSPS) is 15.8. The Hall–Kier alpha value is -1.65. The first kappa shape index (κ1) is 19.7. The Bertz CT molecular complexity index is 733. The average Bonchev–Trinajstić information content (AvgIpc) is 2.58. The van der Waals surface area contributed by atoms with Crippen molar-refractivity contribution in [2.75, 3.05) is 32.7 Å². The first-order valence-corrected chi connectivity index (χ1v) is 10.1. The number of nitrogens with zero attached hydrogens (tertiary/aromatic N) is 2. The molecule has 3 amide bonds. The molecule has 1 saturated heterocycles. The number of hydrogen-bond donors (Lipinski definition) is 2. The van der Waals surface area contributed by atoms with E-state index in [1.807, 2.05) is 0 Å². The summed E-state index contributed by atoms with van der Waals surface area (Å²) in [5.41, 5.74) is 4.96. The molecule has 1 aliphatic rings. The lowest BCUT2D eigenvalue weighted by atomic mass is 10.2. The summed E-state index contributed by atoms with van der Waals surface area (Å²) >= 11 is 3.27. The van der Waals surface area contributed by atoms with Crippen molar-refractivity contribution >= 4 is 37.9 Å². The second-order valence-electron chi connectivity index (χ2n) is 5.61. The van der Waals surface area contributed by atoms with E-state index >= 15 is 0 Å². The standard InChI is InChI=1S/C15H21BrN4O4S/c16-12-4-1-2-5-13(12)25(23,24)20-10-8-19(9-11-20)14(21)6-3-7-18-15(17)22/h1-2,4-5H,3,6-11H2,(H3,17,18,22). The number of piperazine rings is 1. The van der Waals surface area contributed by atoms with Gasteiger partial charge in [-0.2, -0.15) is 4.31 Å². The number of urea groups is 1. The maximum absolute atomic E-state index is 12.7. The summed E-state index contributed by atoms with van der Waals surface area (Å²) in [6.07, 6.45) is 0.786. The van der Waals surface area contributed by atoms with Crippen LogP contribution in [0.3, 0.4) is 0 Å². The summed E-state index contributed by atoms with van der Waals surface area (Å²) in [6, 6.07) is 6.07. The van der Waals surface area contributed by atoms with Crippen molar-refractivity contribution in [1.82, 2.24) is 14.5 Å². The molecule has 0 unspecified atom stereocenters. The minimum atomic E-state index is -3.59. The quantitative estimate of drug-likeness (QED) is 0.644. The first-order chi connectivity index (χ1) is 11.8. The molecule has 1 heterocycles. The Balaban J connectivity index is 1.88. The van der Waals surface area contributed by atoms with E-state index in [0.717, 1.165) is 0 Å². The largest absolute Gasteiger partial charge is 0.352 e. The van der Waals surface area contributed by atoms with Gasteiger partial charge in [-0.1, -0.05) is 12.1 Å². The number of nitrogens with two attached hydrogens (primary N) is 1. The summed E-state index contributed by atoms with van der Waals surface area (Å²) in [7, 11) is -3.59. The van der Waals surface area contributed by atoms with Gasteiger partial charge in [-0.15, -0.1) is 0 Å². The lowest BCUT2D eigenvalue weighted by Gasteiger charge is -2.34. The molecule has 8 nitrogen and oxygen atoms in total. The molecule has 2 rings (SSSR count). The van der Waals surface area contributed by atoms with Crippen molar-refractivity contribution < 1.29 is 18.0 Å². The van der Waals surface area contributed by atoms with Crippen LogP contribution in [0.4, 0.5) is 4.79 Å². The molecule has 1 aliphatic heterocycles. The highest BCUT2D eigenvalue weighted by molar-refractivity contribution is 9.10. The van der Waals surface area contributed by atoms with Crippen molar-refractivity contribution in [2.24, 2.45) is 5.73 Å². The number of benzene rings is 1. The Morgan fingerprint density at radius 2 is 1.80 bits per heavy atom. The summed E-state index contributed by atoms with van der Waals surface area (Å²) < 4.78 is 27.3. The number of hydrogen-bond acceptors (Lipinski definition) is 4. The minimum Gasteiger partial charge on any atom is -0.352 e. The molecule has 10 heteroatoms. The Morgan fingerprint density at radius 1 is 1.16 bits per heavy atom. The zero-order chi connectivity index (χ0) is 18.4. The molecule has 1 aromatic rings. The highest BCUT2D eigenvalue weighted by Gasteiger charge is 2.30. The molecule has 0 aromatic heterocycles. The van der Waals surface area contributed by atoms with E-state index in [0.29, 0.717) is 30.5 Å². The van der Waals surface area contributed by atoms with Gasteiger partial charge in [0.05, 0.1) is 4.90 Å². The summed E-state index contributed by atoms with van der Waals surface area (Å²) in [6.45, 7) is 1.57. The van der Waals surface area contributed by atoms with Gasteiger partial charge in [0.2, 0.25) is 15.9 Å². The van der Waals surface area contributed by atoms with Gasteiger partial charge < -0.3 is 16.0 Å². The van der Waals surface area contributed by atoms with Crippen LogP contribution in [0.5, 0.6) is 0 Å². The van der Waals surface area contributed by atoms with E-state index in [4.69, 9.17) is 5.73 Å². The highest BCUT2D eigenvalue weighted by Crippen LogP contribution is 2.25. The predicted molar refractivity (Wildman–Crippen MR) is 96.3 cm³/mol. The van der Waals surface area contributed by atoms with Crippen LogP contribution < -0.4 is 11.1 Å². The molecule has 1 fully saturated rings. The maximum atomic E-state index is 12.7. The lowest BCUT2D eigenvalue weighted by molar-refractivity contribution is -0.132. The summed E-state index contributed by atoms with van der Waals surface area (Å²) in [4.78, 5) is 24.6. The second kappa shape index (κ2) is 8.63. The van der Waals surface area contributed by atoms with Crippen LogP contribution in [-0.4, -0.2) is 62.3 Å². The van der Waals surface area contributed by atoms with Crippen molar-refractivity contribution in [3.63, 3.8) is 0 Å². The average molecular weight is 433 g/mol. The third-order valence-electron chi connectivity index (χ3n) is 3.91. The van der Waals surface area contributed by atoms with E-state index in [1.165, 1.54) is 4.31 Å². The molecule has 0 aliphatic carbocycles. The number of carbonyl (C=O) groups is 2. The molecular weight excluding hydrogens is 412 g/mol. The van der Waals surface area contributed by atoms with Gasteiger partial charge in [0.1, 0.15) is 0 Å². The second-order valence-corrected chi connectivity index (χ2v) is 8.37. The van der Waals surface area contributed by atoms with Crippen molar-refractivity contribution in [3.8, 4) is 0 Å². The molecule has 3 N–H and O–H groups in total. The van der Waals surface area contributed by atoms with Gasteiger partial charge in [-0.3, -0.25) is 4.79 Å². The number of amides is 3. The van der Waals surface area contributed by atoms with Gasteiger partial charge in [0.25, 0.3) is 0 Å². The molecule has 0 bridgehead atoms. The van der Waals surface area contributed by atoms with Crippen molar-refractivity contribution in [2.45, 2.75) is 17.7 Å². The monoisotopic (exact) mass is 432 g/mol. The molecule has 25 heavy (non-hydrogen) atoms. The fourth-order valence-electron chi connectivity index (χ4n) is 2.58. The molecule has 0 saturated carbocycles. The van der Waals surface area contributed by atoms with Crippen LogP contribution in [0, 0.1) is 0 Å². The van der Waals surface area contributed by atoms with Gasteiger partial charge in [-0.25, -0.2) is 13.2 Å². The fourth-order valence-corrected chi connectivity index (χ4v) is 4.97. The number of rotatable bonds is 6. The van der Waals surface area contributed by atoms with Crippen molar-refractivity contribution in [3.05, 3.63) is 28.7 Å². The summed E-state index contributed by atoms with van der Waals surface area (Å²) in [5, 5.41) is 2.43. The molecule has 0 atom stereocenters. The number of carbonyl (C=O) groups excluding carboxylic acids is 2. The third-order valence-corrected chi connectivity index (χ3v) is 6.82. The Kier molecular flexibility index (Phi) is 6.79. The topological polar surface area (TPSA) is 113 Å². The predicted octanol–water partition coefficient (Wildman–Crippen LogP) is 0.731. The first-order valence-electron chi connectivity index (χ1n) is 7.88. The van der Waals surface area contributed by atoms with E-state index in [1.54, 1.807) is 29.2 Å². The van der Waals surface area contributed by atoms with Gasteiger partial charge in [0.15, 0.2) is 0 Å². The van der Waals surface area contributed by atoms with Crippen molar-refractivity contribution in [1.29, 1.82) is 0 Å². The van der Waals surface area contributed by atoms with Gasteiger partial charge in [0, 0.05) is 43.6 Å². The zero-order valence-corrected chi connectivity index (χ0v) is 16.1. The van der Waals surface area contributed by atoms with Gasteiger partial charge >= 0.3 is 6.03 Å². The molecular formula is C15H21BrN4O4S. The van der Waals surface area contributed by atoms with Crippen LogP contribution in [0.1, 0.15) is 12.8 Å². The zero-order valence-electron chi connectivity index (χ0n) is 13.7. The SMILES string of the molecule is NC(=O)NCCCC(=O)N1CCN(S(=O)(=O)c2ccccc2Br)CC1. The number of primary amides is 1. The Morgan fingerprint density at radius 3 is 2.40 bits per heavy atom. The number of halogens is 1. The molecule has 0 radical (unpaired) electrons. The number of nitrogens with one attached hydrogen (secondary N) is 1. The lowest BCUT2D eigenvalue weighted by Crippen LogP contribution is -2.50. The van der Waals surface area contributed by atoms with Crippen LogP contribution in [0.2, 0.25) is 0 Å². The van der Waals surface area contributed by atoms with E-state index in [2.05, 4.69) is 21.2 Å². The third kappa shape index (κ3) is 5.16. The molecule has 0 spiro atoms. The number of sulfonamides is 1. The fraction of sp³-hybridized carbons (Fsp3) is 0.467. The van der Waals surface area contributed by atoms with E-state index in [-0.39, 0.29) is 30.3 Å². The maximum Gasteiger partial charge on any atom is 0.312 e. The summed E-state index contributed by atoms with van der Waals surface area (Å²) in [5.74, 6) is -0.0517. The molecule has 138 valence electrons. The van der Waals surface area contributed by atoms with Crippen LogP contribution in [0.25, 0.3) is 0 Å². The minimum absolute atomic E-state index is 0.0517. The smallest absolute Gasteiger partial charge is 0.312 e. The van der Waals surface area contributed by atoms with Crippen LogP contribution in [-0.2, 0) is 14.8 Å².